The van der Waals surface area contributed by atoms with Gasteiger partial charge >= 0.3 is 0 Å². The molecule has 0 spiro atoms. The highest BCUT2D eigenvalue weighted by atomic mass is 32.2. The van der Waals surface area contributed by atoms with Gasteiger partial charge in [0.15, 0.2) is 4.34 Å². The first-order valence-electron chi connectivity index (χ1n) is 10.0. The number of ether oxygens (including phenoxy) is 1. The highest BCUT2D eigenvalue weighted by Gasteiger charge is 2.12. The first-order chi connectivity index (χ1) is 15.5. The Labute approximate surface area is 193 Å². The Morgan fingerprint density at radius 1 is 1.09 bits per heavy atom. The molecule has 0 radical (unpaired) electrons. The van der Waals surface area contributed by atoms with E-state index in [1.165, 1.54) is 35.2 Å². The highest BCUT2D eigenvalue weighted by Crippen LogP contribution is 2.25. The molecule has 7 nitrogen and oxygen atoms in total. The van der Waals surface area contributed by atoms with Gasteiger partial charge in [0.25, 0.3) is 5.91 Å². The molecule has 0 saturated carbocycles. The van der Waals surface area contributed by atoms with Crippen molar-refractivity contribution >= 4 is 40.0 Å². The normalized spacial score (nSPS) is 10.6. The number of benzene rings is 2. The summed E-state index contributed by atoms with van der Waals surface area (Å²) in [5.74, 6) is 0.0882. The summed E-state index contributed by atoms with van der Waals surface area (Å²) < 4.78 is 19.1. The number of nitrogens with zero attached hydrogens (tertiary/aromatic N) is 2. The summed E-state index contributed by atoms with van der Waals surface area (Å²) in [6.45, 7) is 3.07. The number of hydrogen-bond acceptors (Lipinski definition) is 7. The Morgan fingerprint density at radius 3 is 2.56 bits per heavy atom. The van der Waals surface area contributed by atoms with Gasteiger partial charge in [0.2, 0.25) is 11.0 Å². The summed E-state index contributed by atoms with van der Waals surface area (Å²) in [4.78, 5) is 24.4. The van der Waals surface area contributed by atoms with Crippen molar-refractivity contribution in [1.29, 1.82) is 0 Å². The molecule has 168 valence electrons. The van der Waals surface area contributed by atoms with E-state index in [2.05, 4.69) is 27.8 Å². The third-order valence-electron chi connectivity index (χ3n) is 4.24. The summed E-state index contributed by atoms with van der Waals surface area (Å²) in [6.07, 6.45) is 2.04. The largest absolute Gasteiger partial charge is 0.494 e. The number of anilines is 1. The van der Waals surface area contributed by atoms with Crippen LogP contribution in [-0.4, -0.2) is 34.4 Å². The summed E-state index contributed by atoms with van der Waals surface area (Å²) >= 11 is 2.42. The van der Waals surface area contributed by atoms with Gasteiger partial charge < -0.3 is 10.1 Å². The maximum absolute atomic E-state index is 12.9. The van der Waals surface area contributed by atoms with Gasteiger partial charge in [0, 0.05) is 12.1 Å². The fourth-order valence-electron chi connectivity index (χ4n) is 2.51. The average molecular weight is 475 g/mol. The maximum Gasteiger partial charge on any atom is 0.257 e. The van der Waals surface area contributed by atoms with Crippen molar-refractivity contribution in [3.8, 4) is 5.75 Å². The Hall–Kier alpha value is -2.98. The minimum absolute atomic E-state index is 0.156. The topological polar surface area (TPSA) is 93.2 Å². The minimum Gasteiger partial charge on any atom is -0.494 e. The second-order valence-electron chi connectivity index (χ2n) is 6.75. The second-order valence-corrected chi connectivity index (χ2v) is 8.95. The third kappa shape index (κ3) is 7.61. The standard InChI is InChI=1S/C22H23FN4O3S2/c1-2-3-12-30-18-10-6-16(7-11-18)20(29)25-21-26-27-22(32-21)31-14-19(28)24-13-15-4-8-17(23)9-5-15/h4-11H,2-3,12-14H2,1H3,(H,24,28)(H,25,26,29). The smallest absolute Gasteiger partial charge is 0.257 e. The van der Waals surface area contributed by atoms with Gasteiger partial charge in [0.05, 0.1) is 12.4 Å². The predicted octanol–water partition coefficient (Wildman–Crippen LogP) is 4.52. The van der Waals surface area contributed by atoms with Gasteiger partial charge in [-0.25, -0.2) is 4.39 Å². The number of hydrogen-bond donors (Lipinski definition) is 2. The molecule has 0 aliphatic rings. The zero-order valence-electron chi connectivity index (χ0n) is 17.5. The van der Waals surface area contributed by atoms with Gasteiger partial charge in [-0.2, -0.15) is 0 Å². The van der Waals surface area contributed by atoms with Crippen LogP contribution in [0.5, 0.6) is 5.75 Å². The zero-order valence-corrected chi connectivity index (χ0v) is 19.1. The summed E-state index contributed by atoms with van der Waals surface area (Å²) in [7, 11) is 0. The number of thioether (sulfide) groups is 1. The Bertz CT molecular complexity index is 1030. The Balaban J connectivity index is 1.42. The molecule has 3 aromatic rings. The first-order valence-corrected chi connectivity index (χ1v) is 11.9. The fourth-order valence-corrected chi connectivity index (χ4v) is 4.08. The molecule has 2 amide bonds. The molecule has 32 heavy (non-hydrogen) atoms. The van der Waals surface area contributed by atoms with Gasteiger partial charge in [-0.3, -0.25) is 14.9 Å². The van der Waals surface area contributed by atoms with E-state index in [0.29, 0.717) is 28.2 Å². The van der Waals surface area contributed by atoms with E-state index in [9.17, 15) is 14.0 Å². The van der Waals surface area contributed by atoms with E-state index in [-0.39, 0.29) is 23.4 Å². The third-order valence-corrected chi connectivity index (χ3v) is 6.21. The van der Waals surface area contributed by atoms with Gasteiger partial charge in [-0.05, 0) is 48.4 Å². The van der Waals surface area contributed by atoms with Crippen molar-refractivity contribution < 1.29 is 18.7 Å². The van der Waals surface area contributed by atoms with Crippen molar-refractivity contribution in [3.05, 3.63) is 65.5 Å². The number of carbonyl (C=O) groups is 2. The van der Waals surface area contributed by atoms with E-state index in [4.69, 9.17) is 4.74 Å². The van der Waals surface area contributed by atoms with E-state index >= 15 is 0 Å². The molecule has 10 heteroatoms. The molecule has 1 aromatic heterocycles. The van der Waals surface area contributed by atoms with Crippen LogP contribution in [0.3, 0.4) is 0 Å². The Morgan fingerprint density at radius 2 is 1.84 bits per heavy atom. The number of halogens is 1. The number of nitrogens with one attached hydrogen (secondary N) is 2. The number of unbranched alkanes of at least 4 members (excludes halogenated alkanes) is 1. The monoisotopic (exact) mass is 474 g/mol. The van der Waals surface area contributed by atoms with Crippen LogP contribution >= 0.6 is 23.1 Å². The van der Waals surface area contributed by atoms with E-state index in [0.717, 1.165) is 24.2 Å². The molecular weight excluding hydrogens is 451 g/mol. The van der Waals surface area contributed by atoms with Gasteiger partial charge in [-0.1, -0.05) is 48.6 Å². The van der Waals surface area contributed by atoms with Crippen LogP contribution in [0, 0.1) is 5.82 Å². The zero-order chi connectivity index (χ0) is 22.8. The lowest BCUT2D eigenvalue weighted by Gasteiger charge is -2.06. The van der Waals surface area contributed by atoms with E-state index in [1.807, 2.05) is 0 Å². The molecule has 0 atom stereocenters. The highest BCUT2D eigenvalue weighted by molar-refractivity contribution is 8.01. The summed E-state index contributed by atoms with van der Waals surface area (Å²) in [5.41, 5.74) is 1.30. The van der Waals surface area contributed by atoms with Crippen LogP contribution in [0.2, 0.25) is 0 Å². The summed E-state index contributed by atoms with van der Waals surface area (Å²) in [5, 5.41) is 13.8. The van der Waals surface area contributed by atoms with Crippen molar-refractivity contribution in [3.63, 3.8) is 0 Å². The second kappa shape index (κ2) is 12.2. The van der Waals surface area contributed by atoms with Gasteiger partial charge in [-0.15, -0.1) is 10.2 Å². The van der Waals surface area contributed by atoms with Gasteiger partial charge in [0.1, 0.15) is 11.6 Å². The number of amides is 2. The lowest BCUT2D eigenvalue weighted by Crippen LogP contribution is -2.24. The molecule has 2 N–H and O–H groups in total. The van der Waals surface area contributed by atoms with Crippen LogP contribution in [0.15, 0.2) is 52.9 Å². The summed E-state index contributed by atoms with van der Waals surface area (Å²) in [6, 6.07) is 12.8. The minimum atomic E-state index is -0.316. The van der Waals surface area contributed by atoms with Crippen LogP contribution in [0.25, 0.3) is 0 Å². The van der Waals surface area contributed by atoms with E-state index < -0.39 is 0 Å². The molecule has 0 unspecified atom stereocenters. The first kappa shape index (κ1) is 23.7. The van der Waals surface area contributed by atoms with Crippen molar-refractivity contribution in [1.82, 2.24) is 15.5 Å². The maximum atomic E-state index is 12.9. The lowest BCUT2D eigenvalue weighted by atomic mass is 10.2. The molecule has 1 heterocycles. The van der Waals surface area contributed by atoms with Crippen LogP contribution in [0.1, 0.15) is 35.7 Å². The fraction of sp³-hybridized carbons (Fsp3) is 0.273. The molecule has 0 saturated heterocycles. The number of rotatable bonds is 11. The molecule has 0 aliphatic carbocycles. The lowest BCUT2D eigenvalue weighted by molar-refractivity contribution is -0.118. The van der Waals surface area contributed by atoms with Crippen LogP contribution in [-0.2, 0) is 11.3 Å². The molecule has 0 fully saturated rings. The van der Waals surface area contributed by atoms with Crippen molar-refractivity contribution in [2.45, 2.75) is 30.6 Å². The molecule has 3 rings (SSSR count). The average Bonchev–Trinajstić information content (AvgIpc) is 3.25. The SMILES string of the molecule is CCCCOc1ccc(C(=O)Nc2nnc(SCC(=O)NCc3ccc(F)cc3)s2)cc1. The van der Waals surface area contributed by atoms with Crippen molar-refractivity contribution in [2.24, 2.45) is 0 Å². The Kier molecular flexibility index (Phi) is 9.00. The predicted molar refractivity (Wildman–Crippen MR) is 124 cm³/mol. The molecule has 0 aliphatic heterocycles. The number of aromatic nitrogens is 2. The molecule has 0 bridgehead atoms. The molecular formula is C22H23FN4O3S2. The van der Waals surface area contributed by atoms with E-state index in [1.54, 1.807) is 36.4 Å². The van der Waals surface area contributed by atoms with Crippen molar-refractivity contribution in [2.75, 3.05) is 17.7 Å². The van der Waals surface area contributed by atoms with Crippen LogP contribution in [0.4, 0.5) is 9.52 Å². The molecule has 2 aromatic carbocycles. The van der Waals surface area contributed by atoms with Crippen LogP contribution < -0.4 is 15.4 Å². The number of carbonyl (C=O) groups excluding carboxylic acids is 2. The quantitative estimate of drug-likeness (QED) is 0.241.